The van der Waals surface area contributed by atoms with E-state index >= 15 is 0 Å². The van der Waals surface area contributed by atoms with E-state index in [-0.39, 0.29) is 24.4 Å². The van der Waals surface area contributed by atoms with Crippen LogP contribution in [-0.2, 0) is 9.53 Å². The number of aliphatic hydroxyl groups excluding tert-OH is 2. The first-order chi connectivity index (χ1) is 12.0. The highest BCUT2D eigenvalue weighted by Crippen LogP contribution is 2.45. The molecule has 140 valence electrons. The number of carboxylic acids is 1. The molecule has 25 heavy (non-hydrogen) atoms. The van der Waals surface area contributed by atoms with Crippen LogP contribution in [0.15, 0.2) is 36.1 Å². The SMILES string of the molecule is CC/C=C/C[C@H](O)/C=C\[C@@H]1[C@H]2C/C(=C\CCCC(=O)O)O[C@H]2C[C@H]1O. The van der Waals surface area contributed by atoms with Crippen molar-refractivity contribution in [2.45, 2.75) is 70.2 Å². The second-order valence-corrected chi connectivity index (χ2v) is 6.93. The predicted molar refractivity (Wildman–Crippen MR) is 95.9 cm³/mol. The van der Waals surface area contributed by atoms with Crippen LogP contribution in [0, 0.1) is 11.8 Å². The van der Waals surface area contributed by atoms with Crippen LogP contribution in [0.5, 0.6) is 0 Å². The van der Waals surface area contributed by atoms with Gasteiger partial charge in [0.1, 0.15) is 6.10 Å². The van der Waals surface area contributed by atoms with Crippen molar-refractivity contribution < 1.29 is 24.9 Å². The van der Waals surface area contributed by atoms with Gasteiger partial charge in [-0.25, -0.2) is 0 Å². The van der Waals surface area contributed by atoms with E-state index in [1.807, 2.05) is 24.3 Å². The standard InChI is InChI=1S/C20H30O5/c1-2-3-4-7-14(21)10-11-16-17-12-15(8-5-6-9-20(23)24)25-19(17)13-18(16)22/h3-4,8,10-11,14,16-19,21-22H,2,5-7,9,12-13H2,1H3,(H,23,24)/b4-3+,11-10-,15-8+/t14-,16+,17+,18+,19-/m0/s1. The normalized spacial score (nSPS) is 31.7. The molecule has 1 saturated heterocycles. The molecular formula is C20H30O5. The lowest BCUT2D eigenvalue weighted by atomic mass is 9.90. The molecule has 1 heterocycles. The molecule has 0 spiro atoms. The van der Waals surface area contributed by atoms with E-state index in [1.54, 1.807) is 6.08 Å². The Morgan fingerprint density at radius 1 is 1.40 bits per heavy atom. The second kappa shape index (κ2) is 9.78. The Bertz CT molecular complexity index is 522. The molecule has 0 aromatic carbocycles. The molecule has 2 fully saturated rings. The van der Waals surface area contributed by atoms with Crippen LogP contribution < -0.4 is 0 Å². The van der Waals surface area contributed by atoms with E-state index in [9.17, 15) is 15.0 Å². The minimum atomic E-state index is -0.775. The molecule has 2 aliphatic rings. The molecular weight excluding hydrogens is 320 g/mol. The summed E-state index contributed by atoms with van der Waals surface area (Å²) in [4.78, 5) is 10.5. The zero-order valence-electron chi connectivity index (χ0n) is 14.9. The van der Waals surface area contributed by atoms with Gasteiger partial charge < -0.3 is 20.1 Å². The quantitative estimate of drug-likeness (QED) is 0.439. The number of rotatable bonds is 9. The van der Waals surface area contributed by atoms with Crippen LogP contribution in [0.25, 0.3) is 0 Å². The Morgan fingerprint density at radius 3 is 2.92 bits per heavy atom. The fraction of sp³-hybridized carbons (Fsp3) is 0.650. The number of hydrogen-bond acceptors (Lipinski definition) is 4. The summed E-state index contributed by atoms with van der Waals surface area (Å²) in [6.07, 6.45) is 13.2. The van der Waals surface area contributed by atoms with Gasteiger partial charge in [0.25, 0.3) is 0 Å². The molecule has 1 aliphatic carbocycles. The Hall–Kier alpha value is -1.59. The van der Waals surface area contributed by atoms with E-state index in [2.05, 4.69) is 6.92 Å². The Labute approximate surface area is 149 Å². The summed E-state index contributed by atoms with van der Waals surface area (Å²) in [6.45, 7) is 2.06. The lowest BCUT2D eigenvalue weighted by Crippen LogP contribution is -2.17. The fourth-order valence-electron chi connectivity index (χ4n) is 3.64. The monoisotopic (exact) mass is 350 g/mol. The summed E-state index contributed by atoms with van der Waals surface area (Å²) < 4.78 is 5.93. The van der Waals surface area contributed by atoms with Gasteiger partial charge in [0, 0.05) is 31.1 Å². The Morgan fingerprint density at radius 2 is 2.20 bits per heavy atom. The molecule has 5 atom stereocenters. The van der Waals surface area contributed by atoms with Gasteiger partial charge in [0.15, 0.2) is 0 Å². The van der Waals surface area contributed by atoms with Crippen molar-refractivity contribution in [3.05, 3.63) is 36.1 Å². The van der Waals surface area contributed by atoms with E-state index in [0.717, 1.165) is 18.6 Å². The zero-order valence-corrected chi connectivity index (χ0v) is 14.9. The van der Waals surface area contributed by atoms with Crippen molar-refractivity contribution in [2.24, 2.45) is 11.8 Å². The molecule has 5 heteroatoms. The molecule has 0 radical (unpaired) electrons. The summed E-state index contributed by atoms with van der Waals surface area (Å²) in [5, 5.41) is 28.9. The minimum absolute atomic E-state index is 0.000255. The highest BCUT2D eigenvalue weighted by molar-refractivity contribution is 5.66. The fourth-order valence-corrected chi connectivity index (χ4v) is 3.64. The number of fused-ring (bicyclic) bond motifs is 1. The van der Waals surface area contributed by atoms with Gasteiger partial charge in [0.2, 0.25) is 0 Å². The van der Waals surface area contributed by atoms with E-state index in [4.69, 9.17) is 9.84 Å². The summed E-state index contributed by atoms with van der Waals surface area (Å²) in [5.41, 5.74) is 0. The van der Waals surface area contributed by atoms with Gasteiger partial charge in [-0.05, 0) is 31.8 Å². The molecule has 1 aliphatic heterocycles. The highest BCUT2D eigenvalue weighted by Gasteiger charge is 2.46. The highest BCUT2D eigenvalue weighted by atomic mass is 16.5. The van der Waals surface area contributed by atoms with Crippen LogP contribution in [-0.4, -0.2) is 39.6 Å². The Kier molecular flexibility index (Phi) is 7.72. The van der Waals surface area contributed by atoms with Gasteiger partial charge in [-0.1, -0.05) is 31.2 Å². The average molecular weight is 350 g/mol. The van der Waals surface area contributed by atoms with Crippen molar-refractivity contribution in [3.8, 4) is 0 Å². The first-order valence-corrected chi connectivity index (χ1v) is 9.28. The van der Waals surface area contributed by atoms with Crippen LogP contribution in [0.3, 0.4) is 0 Å². The Balaban J connectivity index is 1.86. The zero-order chi connectivity index (χ0) is 18.2. The molecule has 0 unspecified atom stereocenters. The average Bonchev–Trinajstić information content (AvgIpc) is 3.06. The summed E-state index contributed by atoms with van der Waals surface area (Å²) in [7, 11) is 0. The van der Waals surface area contributed by atoms with Gasteiger partial charge in [-0.3, -0.25) is 4.79 Å². The maximum Gasteiger partial charge on any atom is 0.303 e. The number of aliphatic carboxylic acids is 1. The topological polar surface area (TPSA) is 87.0 Å². The van der Waals surface area contributed by atoms with E-state index < -0.39 is 18.2 Å². The number of carboxylic acid groups (broad SMARTS) is 1. The molecule has 3 N–H and O–H groups in total. The van der Waals surface area contributed by atoms with Gasteiger partial charge in [-0.2, -0.15) is 0 Å². The lowest BCUT2D eigenvalue weighted by Gasteiger charge is -2.15. The van der Waals surface area contributed by atoms with Crippen molar-refractivity contribution in [1.82, 2.24) is 0 Å². The minimum Gasteiger partial charge on any atom is -0.495 e. The third kappa shape index (κ3) is 6.01. The predicted octanol–water partition coefficient (Wildman–Crippen LogP) is 3.18. The van der Waals surface area contributed by atoms with Gasteiger partial charge in [-0.15, -0.1) is 0 Å². The van der Waals surface area contributed by atoms with Crippen LogP contribution in [0.4, 0.5) is 0 Å². The van der Waals surface area contributed by atoms with Gasteiger partial charge >= 0.3 is 5.97 Å². The largest absolute Gasteiger partial charge is 0.495 e. The third-order valence-electron chi connectivity index (χ3n) is 4.93. The van der Waals surface area contributed by atoms with Crippen molar-refractivity contribution in [3.63, 3.8) is 0 Å². The van der Waals surface area contributed by atoms with Crippen molar-refractivity contribution in [1.29, 1.82) is 0 Å². The molecule has 0 amide bonds. The molecule has 1 saturated carbocycles. The second-order valence-electron chi connectivity index (χ2n) is 6.93. The maximum atomic E-state index is 10.5. The first kappa shape index (κ1) is 19.7. The molecule has 0 bridgehead atoms. The smallest absolute Gasteiger partial charge is 0.303 e. The van der Waals surface area contributed by atoms with E-state index in [1.165, 1.54) is 0 Å². The number of unbranched alkanes of at least 4 members (excludes halogenated alkanes) is 1. The van der Waals surface area contributed by atoms with Crippen molar-refractivity contribution >= 4 is 5.97 Å². The summed E-state index contributed by atoms with van der Waals surface area (Å²) in [6, 6.07) is 0. The maximum absolute atomic E-state index is 10.5. The van der Waals surface area contributed by atoms with E-state index in [0.29, 0.717) is 25.7 Å². The third-order valence-corrected chi connectivity index (χ3v) is 4.93. The molecule has 2 rings (SSSR count). The lowest BCUT2D eigenvalue weighted by molar-refractivity contribution is -0.137. The number of carbonyl (C=O) groups is 1. The number of aliphatic hydroxyl groups is 2. The molecule has 5 nitrogen and oxygen atoms in total. The van der Waals surface area contributed by atoms with Crippen LogP contribution >= 0.6 is 0 Å². The number of hydrogen-bond donors (Lipinski definition) is 3. The first-order valence-electron chi connectivity index (χ1n) is 9.28. The number of ether oxygens (including phenoxy) is 1. The summed E-state index contributed by atoms with van der Waals surface area (Å²) in [5.74, 6) is 0.371. The number of allylic oxidation sites excluding steroid dienone is 3. The molecule has 0 aromatic heterocycles. The van der Waals surface area contributed by atoms with Gasteiger partial charge in [0.05, 0.1) is 18.0 Å². The van der Waals surface area contributed by atoms with Crippen LogP contribution in [0.1, 0.15) is 51.9 Å². The van der Waals surface area contributed by atoms with Crippen LogP contribution in [0.2, 0.25) is 0 Å². The van der Waals surface area contributed by atoms with Crippen molar-refractivity contribution in [2.75, 3.05) is 0 Å². The molecule has 0 aromatic rings. The summed E-state index contributed by atoms with van der Waals surface area (Å²) >= 11 is 0.